The maximum absolute atomic E-state index is 6.47. The number of ether oxygens (including phenoxy) is 3. The Labute approximate surface area is 196 Å². The normalized spacial score (nSPS) is 16.7. The van der Waals surface area contributed by atoms with Crippen LogP contribution >= 0.6 is 0 Å². The van der Waals surface area contributed by atoms with Crippen LogP contribution in [0.2, 0.25) is 0 Å². The zero-order valence-electron chi connectivity index (χ0n) is 22.4. The van der Waals surface area contributed by atoms with Crippen LogP contribution in [0.4, 0.5) is 0 Å². The third kappa shape index (κ3) is 16.2. The fourth-order valence-corrected chi connectivity index (χ4v) is 4.57. The third-order valence-corrected chi connectivity index (χ3v) is 6.88. The van der Waals surface area contributed by atoms with Crippen molar-refractivity contribution in [2.45, 2.75) is 137 Å². The topological polar surface area (TPSA) is 27.7 Å². The number of rotatable bonds is 23. The van der Waals surface area contributed by atoms with Gasteiger partial charge in [0.25, 0.3) is 0 Å². The van der Waals surface area contributed by atoms with E-state index in [0.717, 1.165) is 32.7 Å². The van der Waals surface area contributed by atoms with Crippen LogP contribution in [0.25, 0.3) is 0 Å². The molecular formula is C28H58O3. The largest absolute Gasteiger partial charge is 0.381 e. The van der Waals surface area contributed by atoms with Gasteiger partial charge in [-0.15, -0.1) is 0 Å². The Balaban J connectivity index is 4.32. The fraction of sp³-hybridized carbons (Fsp3) is 1.00. The lowest BCUT2D eigenvalue weighted by molar-refractivity contribution is -0.0784. The molecular weight excluding hydrogens is 384 g/mol. The highest BCUT2D eigenvalue weighted by molar-refractivity contribution is 4.79. The molecule has 0 radical (unpaired) electrons. The molecule has 0 saturated carbocycles. The first-order valence-corrected chi connectivity index (χ1v) is 13.7. The van der Waals surface area contributed by atoms with Crippen molar-refractivity contribution in [3.63, 3.8) is 0 Å². The van der Waals surface area contributed by atoms with E-state index < -0.39 is 0 Å². The minimum atomic E-state index is 0.268. The molecule has 0 aromatic heterocycles. The third-order valence-electron chi connectivity index (χ3n) is 6.88. The van der Waals surface area contributed by atoms with Crippen LogP contribution in [0.3, 0.4) is 0 Å². The molecule has 0 N–H and O–H groups in total. The molecule has 5 unspecified atom stereocenters. The summed E-state index contributed by atoms with van der Waals surface area (Å²) < 4.78 is 18.0. The molecule has 0 aromatic rings. The van der Waals surface area contributed by atoms with Gasteiger partial charge in [-0.2, -0.15) is 0 Å². The average Bonchev–Trinajstić information content (AvgIpc) is 2.77. The van der Waals surface area contributed by atoms with Crippen LogP contribution in [0.1, 0.15) is 125 Å². The van der Waals surface area contributed by atoms with Crippen molar-refractivity contribution in [1.29, 1.82) is 0 Å². The van der Waals surface area contributed by atoms with Crippen molar-refractivity contribution in [2.75, 3.05) is 26.9 Å². The summed E-state index contributed by atoms with van der Waals surface area (Å²) in [6.45, 7) is 15.8. The second-order valence-electron chi connectivity index (χ2n) is 9.91. The molecule has 3 heteroatoms. The minimum absolute atomic E-state index is 0.268. The molecule has 188 valence electrons. The second kappa shape index (κ2) is 21.7. The van der Waals surface area contributed by atoms with Crippen LogP contribution in [0.5, 0.6) is 0 Å². The standard InChI is InChI=1S/C28H58O3/c1-8-11-12-13-14-15-16-17-18-19-20-21-27(31-23-24(4)22-30-10-3)26(6)28(29-7)25(5)9-2/h24-28H,8-23H2,1-7H3. The van der Waals surface area contributed by atoms with Gasteiger partial charge in [0.2, 0.25) is 0 Å². The molecule has 5 atom stereocenters. The van der Waals surface area contributed by atoms with Crippen LogP contribution in [-0.2, 0) is 14.2 Å². The van der Waals surface area contributed by atoms with E-state index in [1.54, 1.807) is 0 Å². The molecule has 0 aliphatic heterocycles. The monoisotopic (exact) mass is 442 g/mol. The Morgan fingerprint density at radius 3 is 1.71 bits per heavy atom. The van der Waals surface area contributed by atoms with E-state index in [2.05, 4.69) is 41.5 Å². The smallest absolute Gasteiger partial charge is 0.0646 e. The van der Waals surface area contributed by atoms with Gasteiger partial charge in [0.05, 0.1) is 25.4 Å². The van der Waals surface area contributed by atoms with Gasteiger partial charge in [0.15, 0.2) is 0 Å². The molecule has 0 spiro atoms. The van der Waals surface area contributed by atoms with E-state index in [0.29, 0.717) is 17.8 Å². The van der Waals surface area contributed by atoms with Gasteiger partial charge in [-0.3, -0.25) is 0 Å². The van der Waals surface area contributed by atoms with Crippen molar-refractivity contribution in [3.05, 3.63) is 0 Å². The highest BCUT2D eigenvalue weighted by Crippen LogP contribution is 2.27. The van der Waals surface area contributed by atoms with Gasteiger partial charge < -0.3 is 14.2 Å². The van der Waals surface area contributed by atoms with Crippen molar-refractivity contribution in [1.82, 2.24) is 0 Å². The lowest BCUT2D eigenvalue weighted by atomic mass is 9.85. The molecule has 0 rings (SSSR count). The van der Waals surface area contributed by atoms with Crippen LogP contribution < -0.4 is 0 Å². The highest BCUT2D eigenvalue weighted by atomic mass is 16.5. The number of hydrogen-bond acceptors (Lipinski definition) is 3. The first-order valence-electron chi connectivity index (χ1n) is 13.7. The fourth-order valence-electron chi connectivity index (χ4n) is 4.57. The lowest BCUT2D eigenvalue weighted by Crippen LogP contribution is -2.38. The maximum atomic E-state index is 6.47. The summed E-state index contributed by atoms with van der Waals surface area (Å²) in [5.41, 5.74) is 0. The quantitative estimate of drug-likeness (QED) is 0.149. The lowest BCUT2D eigenvalue weighted by Gasteiger charge is -2.34. The predicted molar refractivity (Wildman–Crippen MR) is 136 cm³/mol. The molecule has 3 nitrogen and oxygen atoms in total. The van der Waals surface area contributed by atoms with Gasteiger partial charge in [-0.25, -0.2) is 0 Å². The number of methoxy groups -OCH3 is 1. The SMILES string of the molecule is CCCCCCCCCCCCCC(OCC(C)COCC)C(C)C(OC)C(C)CC. The summed E-state index contributed by atoms with van der Waals surface area (Å²) >= 11 is 0. The summed E-state index contributed by atoms with van der Waals surface area (Å²) in [5.74, 6) is 1.42. The summed E-state index contributed by atoms with van der Waals surface area (Å²) in [6, 6.07) is 0. The van der Waals surface area contributed by atoms with Gasteiger partial charge in [-0.05, 0) is 19.3 Å². The average molecular weight is 443 g/mol. The van der Waals surface area contributed by atoms with Crippen LogP contribution in [0.15, 0.2) is 0 Å². The number of hydrogen-bond donors (Lipinski definition) is 0. The summed E-state index contributed by atoms with van der Waals surface area (Å²) in [6.07, 6.45) is 18.1. The number of unbranched alkanes of at least 4 members (excludes halogenated alkanes) is 10. The Morgan fingerprint density at radius 2 is 1.23 bits per heavy atom. The van der Waals surface area contributed by atoms with E-state index >= 15 is 0 Å². The second-order valence-corrected chi connectivity index (χ2v) is 9.91. The van der Waals surface area contributed by atoms with Crippen molar-refractivity contribution >= 4 is 0 Å². The summed E-state index contributed by atoms with van der Waals surface area (Å²) in [7, 11) is 1.87. The Hall–Kier alpha value is -0.120. The van der Waals surface area contributed by atoms with Gasteiger partial charge in [0.1, 0.15) is 0 Å². The molecule has 0 heterocycles. The minimum Gasteiger partial charge on any atom is -0.381 e. The maximum Gasteiger partial charge on any atom is 0.0646 e. The summed E-state index contributed by atoms with van der Waals surface area (Å²) in [5, 5.41) is 0. The predicted octanol–water partition coefficient (Wildman–Crippen LogP) is 8.44. The van der Waals surface area contributed by atoms with Crippen molar-refractivity contribution in [2.24, 2.45) is 17.8 Å². The van der Waals surface area contributed by atoms with Crippen molar-refractivity contribution in [3.8, 4) is 0 Å². The van der Waals surface area contributed by atoms with E-state index in [4.69, 9.17) is 14.2 Å². The van der Waals surface area contributed by atoms with E-state index in [1.165, 1.54) is 70.6 Å². The highest BCUT2D eigenvalue weighted by Gasteiger charge is 2.29. The van der Waals surface area contributed by atoms with E-state index in [9.17, 15) is 0 Å². The van der Waals surface area contributed by atoms with Gasteiger partial charge in [-0.1, -0.05) is 112 Å². The zero-order chi connectivity index (χ0) is 23.3. The van der Waals surface area contributed by atoms with E-state index in [1.807, 2.05) is 7.11 Å². The first-order chi connectivity index (χ1) is 15.0. The zero-order valence-corrected chi connectivity index (χ0v) is 22.4. The molecule has 0 aromatic carbocycles. The van der Waals surface area contributed by atoms with Crippen molar-refractivity contribution < 1.29 is 14.2 Å². The van der Waals surface area contributed by atoms with Gasteiger partial charge >= 0.3 is 0 Å². The van der Waals surface area contributed by atoms with Gasteiger partial charge in [0, 0.05) is 25.6 Å². The first kappa shape index (κ1) is 30.9. The summed E-state index contributed by atoms with van der Waals surface area (Å²) in [4.78, 5) is 0. The van der Waals surface area contributed by atoms with E-state index in [-0.39, 0.29) is 12.2 Å². The molecule has 31 heavy (non-hydrogen) atoms. The Bertz CT molecular complexity index is 360. The molecule has 0 bridgehead atoms. The Kier molecular flexibility index (Phi) is 21.6. The van der Waals surface area contributed by atoms with Crippen LogP contribution in [0, 0.1) is 17.8 Å². The van der Waals surface area contributed by atoms with Crippen LogP contribution in [-0.4, -0.2) is 39.1 Å². The molecule has 0 amide bonds. The molecule has 0 aliphatic rings. The molecule has 0 fully saturated rings. The molecule has 0 saturated heterocycles. The molecule has 0 aliphatic carbocycles. The Morgan fingerprint density at radius 1 is 0.677 bits per heavy atom.